The number of ether oxygens (including phenoxy) is 1. The van der Waals surface area contributed by atoms with Crippen molar-refractivity contribution in [3.63, 3.8) is 0 Å². The molecule has 0 aromatic rings. The van der Waals surface area contributed by atoms with Crippen molar-refractivity contribution < 1.29 is 4.74 Å². The Bertz CT molecular complexity index is 184. The van der Waals surface area contributed by atoms with Crippen LogP contribution in [-0.4, -0.2) is 42.3 Å². The Balaban J connectivity index is 1.86. The molecule has 0 saturated carbocycles. The van der Waals surface area contributed by atoms with Crippen LogP contribution >= 0.6 is 0 Å². The summed E-state index contributed by atoms with van der Waals surface area (Å²) in [7, 11) is 0. The van der Waals surface area contributed by atoms with Crippen molar-refractivity contribution in [3.8, 4) is 0 Å². The molecule has 2 N–H and O–H groups in total. The molecule has 2 bridgehead atoms. The maximum atomic E-state index is 5.83. The molecule has 4 unspecified atom stereocenters. The lowest BCUT2D eigenvalue weighted by Crippen LogP contribution is -2.48. The Kier molecular flexibility index (Phi) is 3.10. The molecule has 2 rings (SSSR count). The highest BCUT2D eigenvalue weighted by Crippen LogP contribution is 2.27. The molecule has 14 heavy (non-hydrogen) atoms. The number of rotatable bonds is 3. The quantitative estimate of drug-likeness (QED) is 0.734. The minimum absolute atomic E-state index is 0.311. The Hall–Kier alpha value is -0.120. The number of hydrogen-bond donors (Lipinski definition) is 1. The van der Waals surface area contributed by atoms with E-state index in [0.29, 0.717) is 24.3 Å². The SMILES string of the molecule is CC(N)CC(C)N1CC2CCC(C1)O2. The molecule has 2 fully saturated rings. The molecule has 0 spiro atoms. The van der Waals surface area contributed by atoms with Crippen LogP contribution in [0.15, 0.2) is 0 Å². The summed E-state index contributed by atoms with van der Waals surface area (Å²) < 4.78 is 5.81. The molecule has 0 aromatic heterocycles. The summed E-state index contributed by atoms with van der Waals surface area (Å²) in [4.78, 5) is 2.55. The average molecular weight is 198 g/mol. The smallest absolute Gasteiger partial charge is 0.0707 e. The molecule has 2 aliphatic rings. The van der Waals surface area contributed by atoms with Crippen LogP contribution in [0.5, 0.6) is 0 Å². The van der Waals surface area contributed by atoms with Gasteiger partial charge in [-0.05, 0) is 33.1 Å². The van der Waals surface area contributed by atoms with E-state index >= 15 is 0 Å². The molecular weight excluding hydrogens is 176 g/mol. The second-order valence-corrected chi connectivity index (χ2v) is 4.97. The van der Waals surface area contributed by atoms with Gasteiger partial charge in [0.15, 0.2) is 0 Å². The van der Waals surface area contributed by atoms with Gasteiger partial charge in [-0.2, -0.15) is 0 Å². The molecule has 82 valence electrons. The molecule has 0 aliphatic carbocycles. The van der Waals surface area contributed by atoms with Gasteiger partial charge in [-0.15, -0.1) is 0 Å². The minimum atomic E-state index is 0.311. The van der Waals surface area contributed by atoms with E-state index in [0.717, 1.165) is 19.5 Å². The van der Waals surface area contributed by atoms with Gasteiger partial charge < -0.3 is 10.5 Å². The van der Waals surface area contributed by atoms with Crippen LogP contribution in [0.1, 0.15) is 33.1 Å². The van der Waals surface area contributed by atoms with Gasteiger partial charge in [0.05, 0.1) is 12.2 Å². The highest BCUT2D eigenvalue weighted by atomic mass is 16.5. The molecule has 0 radical (unpaired) electrons. The molecule has 0 aromatic carbocycles. The molecule has 2 heterocycles. The van der Waals surface area contributed by atoms with Crippen LogP contribution < -0.4 is 5.73 Å². The standard InChI is InChI=1S/C11H22N2O/c1-8(12)5-9(2)13-6-10-3-4-11(7-13)14-10/h8-11H,3-7,12H2,1-2H3. The monoisotopic (exact) mass is 198 g/mol. The fourth-order valence-corrected chi connectivity index (χ4v) is 2.69. The summed E-state index contributed by atoms with van der Waals surface area (Å²) in [6.07, 6.45) is 4.62. The van der Waals surface area contributed by atoms with Crippen molar-refractivity contribution in [2.24, 2.45) is 5.73 Å². The lowest BCUT2D eigenvalue weighted by atomic mass is 10.1. The highest BCUT2D eigenvalue weighted by molar-refractivity contribution is 4.87. The number of morpholine rings is 1. The molecule has 3 heteroatoms. The summed E-state index contributed by atoms with van der Waals surface area (Å²) in [6.45, 7) is 6.61. The zero-order chi connectivity index (χ0) is 10.1. The molecule has 2 aliphatic heterocycles. The second-order valence-electron chi connectivity index (χ2n) is 4.97. The topological polar surface area (TPSA) is 38.5 Å². The number of hydrogen-bond acceptors (Lipinski definition) is 3. The van der Waals surface area contributed by atoms with Gasteiger partial charge in [0.25, 0.3) is 0 Å². The van der Waals surface area contributed by atoms with Crippen molar-refractivity contribution in [1.82, 2.24) is 4.90 Å². The Morgan fingerprint density at radius 2 is 1.86 bits per heavy atom. The van der Waals surface area contributed by atoms with E-state index in [1.54, 1.807) is 0 Å². The zero-order valence-electron chi connectivity index (χ0n) is 9.28. The van der Waals surface area contributed by atoms with Crippen molar-refractivity contribution in [2.45, 2.75) is 57.4 Å². The third-order valence-electron chi connectivity index (χ3n) is 3.41. The predicted molar refractivity (Wildman–Crippen MR) is 57.2 cm³/mol. The highest BCUT2D eigenvalue weighted by Gasteiger charge is 2.35. The average Bonchev–Trinajstić information content (AvgIpc) is 2.44. The summed E-state index contributed by atoms with van der Waals surface area (Å²) in [6, 6.07) is 0.924. The first-order valence-corrected chi connectivity index (χ1v) is 5.80. The third-order valence-corrected chi connectivity index (χ3v) is 3.41. The summed E-state index contributed by atoms with van der Waals surface area (Å²) in [5, 5.41) is 0. The van der Waals surface area contributed by atoms with Gasteiger partial charge >= 0.3 is 0 Å². The van der Waals surface area contributed by atoms with Crippen molar-refractivity contribution >= 4 is 0 Å². The van der Waals surface area contributed by atoms with E-state index < -0.39 is 0 Å². The Morgan fingerprint density at radius 3 is 2.36 bits per heavy atom. The first kappa shape index (κ1) is 10.4. The van der Waals surface area contributed by atoms with Crippen molar-refractivity contribution in [1.29, 1.82) is 0 Å². The van der Waals surface area contributed by atoms with E-state index in [-0.39, 0.29) is 0 Å². The van der Waals surface area contributed by atoms with Crippen LogP contribution in [0.25, 0.3) is 0 Å². The van der Waals surface area contributed by atoms with E-state index in [4.69, 9.17) is 10.5 Å². The molecule has 2 saturated heterocycles. The molecule has 3 nitrogen and oxygen atoms in total. The Labute approximate surface area is 86.6 Å². The van der Waals surface area contributed by atoms with E-state index in [1.807, 2.05) is 0 Å². The van der Waals surface area contributed by atoms with Crippen LogP contribution in [0.2, 0.25) is 0 Å². The summed E-state index contributed by atoms with van der Waals surface area (Å²) in [5.74, 6) is 0. The molecule has 0 amide bonds. The summed E-state index contributed by atoms with van der Waals surface area (Å²) >= 11 is 0. The minimum Gasteiger partial charge on any atom is -0.372 e. The number of nitrogens with zero attached hydrogens (tertiary/aromatic N) is 1. The van der Waals surface area contributed by atoms with Gasteiger partial charge in [0.1, 0.15) is 0 Å². The first-order chi connectivity index (χ1) is 6.65. The fourth-order valence-electron chi connectivity index (χ4n) is 2.69. The van der Waals surface area contributed by atoms with Crippen LogP contribution in [0, 0.1) is 0 Å². The van der Waals surface area contributed by atoms with Crippen LogP contribution in [0.3, 0.4) is 0 Å². The van der Waals surface area contributed by atoms with Gasteiger partial charge in [-0.1, -0.05) is 0 Å². The molecule has 4 atom stereocenters. The van der Waals surface area contributed by atoms with Gasteiger partial charge in [0.2, 0.25) is 0 Å². The predicted octanol–water partition coefficient (Wildman–Crippen LogP) is 0.975. The number of fused-ring (bicyclic) bond motifs is 2. The number of likely N-dealkylation sites (tertiary alicyclic amines) is 1. The maximum Gasteiger partial charge on any atom is 0.0707 e. The van der Waals surface area contributed by atoms with Crippen molar-refractivity contribution in [3.05, 3.63) is 0 Å². The van der Waals surface area contributed by atoms with Crippen LogP contribution in [-0.2, 0) is 4.74 Å². The maximum absolute atomic E-state index is 5.83. The second kappa shape index (κ2) is 4.17. The van der Waals surface area contributed by atoms with E-state index in [2.05, 4.69) is 18.7 Å². The number of nitrogens with two attached hydrogens (primary N) is 1. The normalized spacial score (nSPS) is 37.1. The van der Waals surface area contributed by atoms with Gasteiger partial charge in [-0.25, -0.2) is 0 Å². The Morgan fingerprint density at radius 1 is 1.29 bits per heavy atom. The lowest BCUT2D eigenvalue weighted by Gasteiger charge is -2.37. The van der Waals surface area contributed by atoms with Gasteiger partial charge in [0, 0.05) is 25.2 Å². The molecular formula is C11H22N2O. The largest absolute Gasteiger partial charge is 0.372 e. The zero-order valence-corrected chi connectivity index (χ0v) is 9.28. The van der Waals surface area contributed by atoms with Crippen molar-refractivity contribution in [2.75, 3.05) is 13.1 Å². The fraction of sp³-hybridized carbons (Fsp3) is 1.00. The van der Waals surface area contributed by atoms with Crippen LogP contribution in [0.4, 0.5) is 0 Å². The summed E-state index contributed by atoms with van der Waals surface area (Å²) in [5.41, 5.74) is 5.83. The first-order valence-electron chi connectivity index (χ1n) is 5.80. The van der Waals surface area contributed by atoms with E-state index in [9.17, 15) is 0 Å². The van der Waals surface area contributed by atoms with Gasteiger partial charge in [-0.3, -0.25) is 4.90 Å². The lowest BCUT2D eigenvalue weighted by molar-refractivity contribution is -0.0518. The third kappa shape index (κ3) is 2.27. The van der Waals surface area contributed by atoms with E-state index in [1.165, 1.54) is 12.8 Å².